The van der Waals surface area contributed by atoms with Crippen LogP contribution in [-0.4, -0.2) is 36.7 Å². The molecule has 1 aliphatic carbocycles. The molecule has 0 aromatic heterocycles. The topological polar surface area (TPSA) is 93.3 Å². The largest absolute Gasteiger partial charge is 0.454 e. The highest BCUT2D eigenvalue weighted by molar-refractivity contribution is 5.95. The van der Waals surface area contributed by atoms with E-state index in [0.717, 1.165) is 12.8 Å². The van der Waals surface area contributed by atoms with Crippen molar-refractivity contribution in [3.63, 3.8) is 0 Å². The second-order valence-corrected chi connectivity index (χ2v) is 6.68. The maximum absolute atomic E-state index is 12.3. The van der Waals surface area contributed by atoms with Crippen LogP contribution >= 0.6 is 0 Å². The van der Waals surface area contributed by atoms with Crippen molar-refractivity contribution in [2.24, 2.45) is 0 Å². The highest BCUT2D eigenvalue weighted by atomic mass is 16.7. The van der Waals surface area contributed by atoms with Crippen LogP contribution in [0.2, 0.25) is 0 Å². The Hall–Kier alpha value is -2.28. The summed E-state index contributed by atoms with van der Waals surface area (Å²) in [5.74, 6) is 1.11. The number of carbonyl (C=O) groups is 2. The zero-order chi connectivity index (χ0) is 16.5. The van der Waals surface area contributed by atoms with E-state index < -0.39 is 0 Å². The third kappa shape index (κ3) is 3.03. The number of benzene rings is 1. The molecule has 7 nitrogen and oxygen atoms in total. The van der Waals surface area contributed by atoms with Crippen molar-refractivity contribution in [1.29, 1.82) is 0 Å². The summed E-state index contributed by atoms with van der Waals surface area (Å²) in [5, 5.41) is 8.01. The van der Waals surface area contributed by atoms with Crippen LogP contribution in [0.15, 0.2) is 18.2 Å². The number of nitrogens with two attached hydrogens (primary N) is 1. The zero-order valence-corrected chi connectivity index (χ0v) is 13.4. The first-order valence-corrected chi connectivity index (χ1v) is 8.54. The summed E-state index contributed by atoms with van der Waals surface area (Å²) in [7, 11) is 0. The van der Waals surface area contributed by atoms with Gasteiger partial charge >= 0.3 is 0 Å². The number of ether oxygens (including phenoxy) is 2. The van der Waals surface area contributed by atoms with Crippen molar-refractivity contribution >= 4 is 17.5 Å². The van der Waals surface area contributed by atoms with Crippen LogP contribution < -0.4 is 25.4 Å². The molecule has 2 fully saturated rings. The third-order valence-electron chi connectivity index (χ3n) is 5.02. The Balaban J connectivity index is 1.36. The van der Waals surface area contributed by atoms with Crippen LogP contribution in [0.5, 0.6) is 11.5 Å². The Morgan fingerprint density at radius 1 is 1.25 bits per heavy atom. The Labute approximate surface area is 140 Å². The Bertz CT molecular complexity index is 663. The number of piperazine rings is 1. The van der Waals surface area contributed by atoms with E-state index in [0.29, 0.717) is 23.2 Å². The standard InChI is InChI=1S/C17H21N3O4/c21-16(18-10-5-6-14-15(7-10)24-9-23-14)8-13-17(22)20-12-4-2-1-3-11(12)19-13/h5-7,11-13,19H,1-4,8-9H2,(H,18,21)(H,20,22)/p+1/t11-,12+,13-/m0/s1. The second kappa shape index (κ2) is 6.32. The smallest absolute Gasteiger partial charge is 0.279 e. The molecule has 2 aliphatic heterocycles. The average Bonchev–Trinajstić information content (AvgIpc) is 3.03. The minimum absolute atomic E-state index is 0.0287. The van der Waals surface area contributed by atoms with Gasteiger partial charge < -0.3 is 25.4 Å². The first-order valence-electron chi connectivity index (χ1n) is 8.54. The summed E-state index contributed by atoms with van der Waals surface area (Å²) in [6.45, 7) is 0.201. The molecule has 0 bridgehead atoms. The van der Waals surface area contributed by atoms with Crippen molar-refractivity contribution in [2.75, 3.05) is 12.1 Å². The van der Waals surface area contributed by atoms with Gasteiger partial charge in [0.05, 0.1) is 12.5 Å². The van der Waals surface area contributed by atoms with Crippen LogP contribution in [0.3, 0.4) is 0 Å². The highest BCUT2D eigenvalue weighted by Crippen LogP contribution is 2.34. The summed E-state index contributed by atoms with van der Waals surface area (Å²) in [6, 6.07) is 5.59. The number of fused-ring (bicyclic) bond motifs is 2. The summed E-state index contributed by atoms with van der Waals surface area (Å²) >= 11 is 0. The van der Waals surface area contributed by atoms with Gasteiger partial charge in [-0.25, -0.2) is 0 Å². The fourth-order valence-electron chi connectivity index (χ4n) is 3.79. The Morgan fingerprint density at radius 3 is 3.00 bits per heavy atom. The molecule has 1 saturated heterocycles. The van der Waals surface area contributed by atoms with Crippen molar-refractivity contribution in [3.8, 4) is 11.5 Å². The number of nitrogens with one attached hydrogen (secondary N) is 2. The zero-order valence-electron chi connectivity index (χ0n) is 13.4. The van der Waals surface area contributed by atoms with Crippen LogP contribution in [-0.2, 0) is 9.59 Å². The second-order valence-electron chi connectivity index (χ2n) is 6.68. The van der Waals surface area contributed by atoms with E-state index in [1.54, 1.807) is 18.2 Å². The predicted octanol–water partition coefficient (Wildman–Crippen LogP) is 0.117. The number of anilines is 1. The minimum atomic E-state index is -0.349. The van der Waals surface area contributed by atoms with Gasteiger partial charge in [0, 0.05) is 18.2 Å². The quantitative estimate of drug-likeness (QED) is 0.733. The number of hydrogen-bond donors (Lipinski definition) is 3. The van der Waals surface area contributed by atoms with Crippen molar-refractivity contribution in [1.82, 2.24) is 5.32 Å². The first kappa shape index (κ1) is 15.3. The summed E-state index contributed by atoms with van der Waals surface area (Å²) in [6.07, 6.45) is 4.69. The molecule has 0 unspecified atom stereocenters. The molecule has 24 heavy (non-hydrogen) atoms. The maximum atomic E-state index is 12.3. The van der Waals surface area contributed by atoms with E-state index in [9.17, 15) is 9.59 Å². The van der Waals surface area contributed by atoms with Gasteiger partial charge in [-0.2, -0.15) is 0 Å². The van der Waals surface area contributed by atoms with Gasteiger partial charge in [0.1, 0.15) is 6.04 Å². The van der Waals surface area contributed by atoms with E-state index >= 15 is 0 Å². The van der Waals surface area contributed by atoms with Gasteiger partial charge in [-0.15, -0.1) is 0 Å². The number of hydrogen-bond acceptors (Lipinski definition) is 4. The summed E-state index contributed by atoms with van der Waals surface area (Å²) in [5.41, 5.74) is 0.649. The average molecular weight is 332 g/mol. The fraction of sp³-hybridized carbons (Fsp3) is 0.529. The Morgan fingerprint density at radius 2 is 2.08 bits per heavy atom. The van der Waals surface area contributed by atoms with Gasteiger partial charge in [-0.3, -0.25) is 9.59 Å². The van der Waals surface area contributed by atoms with Crippen LogP contribution in [0.25, 0.3) is 0 Å². The molecule has 3 aliphatic rings. The maximum Gasteiger partial charge on any atom is 0.279 e. The number of rotatable bonds is 3. The molecule has 4 N–H and O–H groups in total. The molecule has 128 valence electrons. The lowest BCUT2D eigenvalue weighted by Crippen LogP contribution is -3.03. The van der Waals surface area contributed by atoms with Crippen molar-refractivity contribution in [2.45, 2.75) is 50.2 Å². The van der Waals surface area contributed by atoms with E-state index in [2.05, 4.69) is 16.0 Å². The molecule has 1 aromatic carbocycles. The van der Waals surface area contributed by atoms with Gasteiger partial charge in [0.25, 0.3) is 5.91 Å². The molecule has 1 aromatic rings. The van der Waals surface area contributed by atoms with Crippen LogP contribution in [0, 0.1) is 0 Å². The van der Waals surface area contributed by atoms with Gasteiger partial charge in [-0.1, -0.05) is 6.42 Å². The molecule has 3 atom stereocenters. The summed E-state index contributed by atoms with van der Waals surface area (Å²) < 4.78 is 10.6. The highest BCUT2D eigenvalue weighted by Gasteiger charge is 2.40. The molecule has 0 radical (unpaired) electrons. The number of carbonyl (C=O) groups excluding carboxylic acids is 2. The molecular formula is C17H22N3O4+. The lowest BCUT2D eigenvalue weighted by molar-refractivity contribution is -0.718. The number of quaternary nitrogens is 1. The molecule has 4 rings (SSSR count). The fourth-order valence-corrected chi connectivity index (χ4v) is 3.79. The van der Waals surface area contributed by atoms with Gasteiger partial charge in [0.2, 0.25) is 12.7 Å². The van der Waals surface area contributed by atoms with E-state index in [1.165, 1.54) is 12.8 Å². The normalized spacial score (nSPS) is 28.0. The van der Waals surface area contributed by atoms with Crippen LogP contribution in [0.1, 0.15) is 32.1 Å². The third-order valence-corrected chi connectivity index (χ3v) is 5.02. The molecule has 7 heteroatoms. The molecule has 1 saturated carbocycles. The van der Waals surface area contributed by atoms with Gasteiger partial charge in [0.15, 0.2) is 17.5 Å². The SMILES string of the molecule is O=C(C[C@@H]1[NH2+][C@H]2CCCC[C@H]2NC1=O)Nc1ccc2c(c1)OCO2. The lowest BCUT2D eigenvalue weighted by Gasteiger charge is -2.37. The Kier molecular flexibility index (Phi) is 4.02. The summed E-state index contributed by atoms with van der Waals surface area (Å²) in [4.78, 5) is 24.5. The van der Waals surface area contributed by atoms with E-state index in [1.807, 2.05) is 0 Å². The first-order chi connectivity index (χ1) is 11.7. The predicted molar refractivity (Wildman–Crippen MR) is 85.7 cm³/mol. The minimum Gasteiger partial charge on any atom is -0.454 e. The molecule has 2 amide bonds. The van der Waals surface area contributed by atoms with E-state index in [4.69, 9.17) is 9.47 Å². The van der Waals surface area contributed by atoms with Crippen molar-refractivity contribution < 1.29 is 24.4 Å². The van der Waals surface area contributed by atoms with E-state index in [-0.39, 0.29) is 37.1 Å². The number of amides is 2. The monoisotopic (exact) mass is 332 g/mol. The van der Waals surface area contributed by atoms with Crippen LogP contribution in [0.4, 0.5) is 5.69 Å². The molecular weight excluding hydrogens is 310 g/mol. The lowest BCUT2D eigenvalue weighted by atomic mass is 9.87. The van der Waals surface area contributed by atoms with Gasteiger partial charge in [-0.05, 0) is 25.0 Å². The van der Waals surface area contributed by atoms with Crippen molar-refractivity contribution in [3.05, 3.63) is 18.2 Å². The molecule has 0 spiro atoms. The molecule has 2 heterocycles.